The van der Waals surface area contributed by atoms with E-state index >= 15 is 0 Å². The first-order chi connectivity index (χ1) is 7.24. The molecule has 0 amide bonds. The molecule has 0 fully saturated rings. The van der Waals surface area contributed by atoms with E-state index < -0.39 is 0 Å². The van der Waals surface area contributed by atoms with Crippen molar-refractivity contribution < 1.29 is 4.39 Å². The average Bonchev–Trinajstić information content (AvgIpc) is 2.21. The molecule has 0 bridgehead atoms. The van der Waals surface area contributed by atoms with E-state index in [4.69, 9.17) is 11.6 Å². The molecule has 0 nitrogen and oxygen atoms in total. The molecule has 1 unspecified atom stereocenters. The molecule has 0 N–H and O–H groups in total. The van der Waals surface area contributed by atoms with Crippen molar-refractivity contribution in [1.82, 2.24) is 0 Å². The SMILES string of the molecule is CC(CCCl)CCSc1ccccc1F. The molecule has 0 aliphatic carbocycles. The Hall–Kier alpha value is -0.210. The number of thioether (sulfide) groups is 1. The maximum atomic E-state index is 13.2. The summed E-state index contributed by atoms with van der Waals surface area (Å²) in [5.41, 5.74) is 0. The Morgan fingerprint density at radius 1 is 1.33 bits per heavy atom. The molecular weight excluding hydrogens is 231 g/mol. The Balaban J connectivity index is 2.29. The molecule has 0 saturated carbocycles. The van der Waals surface area contributed by atoms with Gasteiger partial charge in [-0.3, -0.25) is 0 Å². The largest absolute Gasteiger partial charge is 0.206 e. The second-order valence-corrected chi connectivity index (χ2v) is 5.17. The molecule has 1 aromatic carbocycles. The highest BCUT2D eigenvalue weighted by atomic mass is 35.5. The van der Waals surface area contributed by atoms with Crippen molar-refractivity contribution in [2.75, 3.05) is 11.6 Å². The first kappa shape index (κ1) is 12.9. The minimum atomic E-state index is -0.118. The minimum absolute atomic E-state index is 0.118. The fourth-order valence-corrected chi connectivity index (χ4v) is 2.76. The van der Waals surface area contributed by atoms with Crippen LogP contribution in [-0.2, 0) is 0 Å². The van der Waals surface area contributed by atoms with Gasteiger partial charge in [-0.05, 0) is 36.6 Å². The summed E-state index contributed by atoms with van der Waals surface area (Å²) in [5, 5.41) is 0. The van der Waals surface area contributed by atoms with E-state index in [0.717, 1.165) is 23.5 Å². The summed E-state index contributed by atoms with van der Waals surface area (Å²) in [6, 6.07) is 6.92. The molecule has 1 rings (SSSR count). The molecule has 0 spiro atoms. The van der Waals surface area contributed by atoms with Crippen molar-refractivity contribution in [2.24, 2.45) is 5.92 Å². The fraction of sp³-hybridized carbons (Fsp3) is 0.500. The van der Waals surface area contributed by atoms with E-state index in [1.807, 2.05) is 12.1 Å². The first-order valence-electron chi connectivity index (χ1n) is 5.17. The highest BCUT2D eigenvalue weighted by Gasteiger charge is 2.04. The van der Waals surface area contributed by atoms with E-state index in [-0.39, 0.29) is 5.82 Å². The Morgan fingerprint density at radius 3 is 2.73 bits per heavy atom. The number of hydrogen-bond donors (Lipinski definition) is 0. The van der Waals surface area contributed by atoms with Crippen molar-refractivity contribution in [3.8, 4) is 0 Å². The summed E-state index contributed by atoms with van der Waals surface area (Å²) < 4.78 is 13.2. The molecule has 0 aliphatic rings. The predicted molar refractivity (Wildman–Crippen MR) is 66.2 cm³/mol. The van der Waals surface area contributed by atoms with Gasteiger partial charge in [-0.1, -0.05) is 19.1 Å². The topological polar surface area (TPSA) is 0 Å². The summed E-state index contributed by atoms with van der Waals surface area (Å²) in [6.45, 7) is 2.18. The van der Waals surface area contributed by atoms with Crippen LogP contribution in [0.5, 0.6) is 0 Å². The maximum Gasteiger partial charge on any atom is 0.136 e. The molecule has 0 radical (unpaired) electrons. The van der Waals surface area contributed by atoms with Crippen LogP contribution in [-0.4, -0.2) is 11.6 Å². The number of hydrogen-bond acceptors (Lipinski definition) is 1. The Kier molecular flexibility index (Phi) is 6.11. The zero-order valence-corrected chi connectivity index (χ0v) is 10.5. The molecule has 1 atom stereocenters. The van der Waals surface area contributed by atoms with Crippen LogP contribution in [0.25, 0.3) is 0 Å². The molecule has 1 aromatic rings. The summed E-state index contributed by atoms with van der Waals surface area (Å²) >= 11 is 7.23. The van der Waals surface area contributed by atoms with Gasteiger partial charge in [0.1, 0.15) is 5.82 Å². The van der Waals surface area contributed by atoms with Crippen LogP contribution in [0.1, 0.15) is 19.8 Å². The average molecular weight is 247 g/mol. The Labute approximate surface area is 100 Å². The van der Waals surface area contributed by atoms with Gasteiger partial charge in [0, 0.05) is 10.8 Å². The van der Waals surface area contributed by atoms with Gasteiger partial charge in [0.05, 0.1) is 0 Å². The van der Waals surface area contributed by atoms with Gasteiger partial charge < -0.3 is 0 Å². The zero-order chi connectivity index (χ0) is 11.1. The normalized spacial score (nSPS) is 12.7. The molecule has 15 heavy (non-hydrogen) atoms. The lowest BCUT2D eigenvalue weighted by atomic mass is 10.1. The van der Waals surface area contributed by atoms with Crippen LogP contribution < -0.4 is 0 Å². The van der Waals surface area contributed by atoms with E-state index in [0.29, 0.717) is 11.8 Å². The van der Waals surface area contributed by atoms with Gasteiger partial charge in [0.2, 0.25) is 0 Å². The quantitative estimate of drug-likeness (QED) is 0.523. The molecular formula is C12H16ClFS. The predicted octanol–water partition coefficient (Wildman–Crippen LogP) is 4.57. The van der Waals surface area contributed by atoms with Gasteiger partial charge in [0.25, 0.3) is 0 Å². The third-order valence-electron chi connectivity index (χ3n) is 2.31. The van der Waals surface area contributed by atoms with Gasteiger partial charge in [0.15, 0.2) is 0 Å². The monoisotopic (exact) mass is 246 g/mol. The number of benzene rings is 1. The second kappa shape index (κ2) is 7.13. The van der Waals surface area contributed by atoms with E-state index in [2.05, 4.69) is 6.92 Å². The van der Waals surface area contributed by atoms with Crippen LogP contribution >= 0.6 is 23.4 Å². The minimum Gasteiger partial charge on any atom is -0.206 e. The Morgan fingerprint density at radius 2 is 2.07 bits per heavy atom. The fourth-order valence-electron chi connectivity index (χ4n) is 1.26. The van der Waals surface area contributed by atoms with Gasteiger partial charge in [-0.25, -0.2) is 4.39 Å². The van der Waals surface area contributed by atoms with Gasteiger partial charge >= 0.3 is 0 Å². The highest BCUT2D eigenvalue weighted by Crippen LogP contribution is 2.23. The molecule has 3 heteroatoms. The van der Waals surface area contributed by atoms with Crippen LogP contribution in [0.15, 0.2) is 29.2 Å². The first-order valence-corrected chi connectivity index (χ1v) is 6.69. The van der Waals surface area contributed by atoms with Crippen molar-refractivity contribution in [2.45, 2.75) is 24.7 Å². The summed E-state index contributed by atoms with van der Waals surface area (Å²) in [6.07, 6.45) is 2.13. The summed E-state index contributed by atoms with van der Waals surface area (Å²) in [4.78, 5) is 0.746. The Bertz CT molecular complexity index is 291. The lowest BCUT2D eigenvalue weighted by molar-refractivity contribution is 0.551. The van der Waals surface area contributed by atoms with Crippen LogP contribution in [0.2, 0.25) is 0 Å². The molecule has 84 valence electrons. The van der Waals surface area contributed by atoms with E-state index in [1.165, 1.54) is 6.07 Å². The third kappa shape index (κ3) is 4.89. The van der Waals surface area contributed by atoms with Crippen molar-refractivity contribution in [3.63, 3.8) is 0 Å². The molecule has 0 aromatic heterocycles. The zero-order valence-electron chi connectivity index (χ0n) is 8.88. The number of rotatable bonds is 6. The van der Waals surface area contributed by atoms with Crippen molar-refractivity contribution >= 4 is 23.4 Å². The van der Waals surface area contributed by atoms with Crippen LogP contribution in [0.3, 0.4) is 0 Å². The lowest BCUT2D eigenvalue weighted by Crippen LogP contribution is -1.97. The van der Waals surface area contributed by atoms with Crippen LogP contribution in [0, 0.1) is 11.7 Å². The van der Waals surface area contributed by atoms with Gasteiger partial charge in [-0.15, -0.1) is 23.4 Å². The standard InChI is InChI=1S/C12H16ClFS/c1-10(6-8-13)7-9-15-12-5-3-2-4-11(12)14/h2-5,10H,6-9H2,1H3. The number of halogens is 2. The maximum absolute atomic E-state index is 13.2. The van der Waals surface area contributed by atoms with Crippen molar-refractivity contribution in [1.29, 1.82) is 0 Å². The smallest absolute Gasteiger partial charge is 0.136 e. The van der Waals surface area contributed by atoms with Gasteiger partial charge in [-0.2, -0.15) is 0 Å². The lowest BCUT2D eigenvalue weighted by Gasteiger charge is -2.08. The van der Waals surface area contributed by atoms with E-state index in [1.54, 1.807) is 17.8 Å². The molecule has 0 saturated heterocycles. The number of alkyl halides is 1. The summed E-state index contributed by atoms with van der Waals surface area (Å²) in [5.74, 6) is 2.18. The van der Waals surface area contributed by atoms with Crippen molar-refractivity contribution in [3.05, 3.63) is 30.1 Å². The molecule has 0 heterocycles. The highest BCUT2D eigenvalue weighted by molar-refractivity contribution is 7.99. The van der Waals surface area contributed by atoms with E-state index in [9.17, 15) is 4.39 Å². The third-order valence-corrected chi connectivity index (χ3v) is 3.61. The summed E-state index contributed by atoms with van der Waals surface area (Å²) in [7, 11) is 0. The van der Waals surface area contributed by atoms with Crippen LogP contribution in [0.4, 0.5) is 4.39 Å². The second-order valence-electron chi connectivity index (χ2n) is 3.65. The molecule has 0 aliphatic heterocycles.